The minimum absolute atomic E-state index is 0.112. The van der Waals surface area contributed by atoms with Crippen molar-refractivity contribution in [2.45, 2.75) is 17.9 Å². The lowest BCUT2D eigenvalue weighted by Gasteiger charge is -2.23. The molecule has 1 atom stereocenters. The number of benzene rings is 1. The molecule has 106 valence electrons. The van der Waals surface area contributed by atoms with Gasteiger partial charge in [0, 0.05) is 7.05 Å². The monoisotopic (exact) mass is 286 g/mol. The highest BCUT2D eigenvalue weighted by molar-refractivity contribution is 7.89. The van der Waals surface area contributed by atoms with E-state index in [-0.39, 0.29) is 24.1 Å². The number of aliphatic hydroxyl groups excluding tert-OH is 1. The molecule has 0 saturated heterocycles. The average molecular weight is 286 g/mol. The summed E-state index contributed by atoms with van der Waals surface area (Å²) in [6, 6.07) is 7.47. The number of hydrogen-bond donors (Lipinski definition) is 2. The predicted octanol–water partition coefficient (Wildman–Crippen LogP) is -0.196. The predicted molar refractivity (Wildman–Crippen MR) is 70.9 cm³/mol. The molecule has 7 heteroatoms. The smallest absolute Gasteiger partial charge is 0.241 e. The summed E-state index contributed by atoms with van der Waals surface area (Å²) in [5, 5.41) is 8.93. The molecule has 1 amide bonds. The maximum Gasteiger partial charge on any atom is 0.241 e. The fraction of sp³-hybridized carbons (Fsp3) is 0.417. The number of carbonyl (C=O) groups excluding carboxylic acids is 1. The Morgan fingerprint density at radius 3 is 2.47 bits per heavy atom. The number of carbonyl (C=O) groups is 1. The van der Waals surface area contributed by atoms with Crippen LogP contribution in [0.4, 0.5) is 0 Å². The fourth-order valence-corrected chi connectivity index (χ4v) is 2.33. The molecule has 1 aromatic rings. The van der Waals surface area contributed by atoms with Crippen LogP contribution in [0.2, 0.25) is 0 Å². The average Bonchev–Trinajstić information content (AvgIpc) is 2.44. The summed E-state index contributed by atoms with van der Waals surface area (Å²) in [4.78, 5) is 13.1. The number of sulfonamides is 1. The van der Waals surface area contributed by atoms with Gasteiger partial charge in [-0.25, -0.2) is 13.1 Å². The van der Waals surface area contributed by atoms with Gasteiger partial charge in [-0.15, -0.1) is 0 Å². The molecular weight excluding hydrogens is 268 g/mol. The van der Waals surface area contributed by atoms with Gasteiger partial charge in [-0.05, 0) is 19.1 Å². The number of amides is 1. The van der Waals surface area contributed by atoms with E-state index in [9.17, 15) is 13.2 Å². The van der Waals surface area contributed by atoms with Gasteiger partial charge in [0.15, 0.2) is 0 Å². The maximum absolute atomic E-state index is 11.9. The molecule has 0 fully saturated rings. The lowest BCUT2D eigenvalue weighted by molar-refractivity contribution is -0.131. The molecule has 0 heterocycles. The molecule has 0 aromatic heterocycles. The molecule has 6 nitrogen and oxygen atoms in total. The molecule has 0 spiro atoms. The van der Waals surface area contributed by atoms with Crippen molar-refractivity contribution in [3.63, 3.8) is 0 Å². The fourth-order valence-electron chi connectivity index (χ4n) is 1.33. The second kappa shape index (κ2) is 6.65. The first-order chi connectivity index (χ1) is 8.88. The van der Waals surface area contributed by atoms with Crippen molar-refractivity contribution in [1.29, 1.82) is 0 Å². The second-order valence-electron chi connectivity index (χ2n) is 4.17. The number of nitrogens with zero attached hydrogens (tertiary/aromatic N) is 1. The quantitative estimate of drug-likeness (QED) is 0.758. The molecule has 0 aliphatic rings. The van der Waals surface area contributed by atoms with Gasteiger partial charge >= 0.3 is 0 Å². The first kappa shape index (κ1) is 15.6. The number of hydrogen-bond acceptors (Lipinski definition) is 4. The summed E-state index contributed by atoms with van der Waals surface area (Å²) in [6.45, 7) is 1.16. The number of likely N-dealkylation sites (N-methyl/N-ethyl adjacent to an activating group) is 1. The Morgan fingerprint density at radius 2 is 1.95 bits per heavy atom. The first-order valence-corrected chi connectivity index (χ1v) is 7.28. The highest BCUT2D eigenvalue weighted by atomic mass is 32.2. The standard InChI is InChI=1S/C12H18N2O4S/c1-10(9-15)14(2)12(16)8-13-19(17,18)11-6-4-3-5-7-11/h3-7,10,13,15H,8-9H2,1-2H3. The van der Waals surface area contributed by atoms with E-state index >= 15 is 0 Å². The van der Waals surface area contributed by atoms with Crippen molar-refractivity contribution in [1.82, 2.24) is 9.62 Å². The number of aliphatic hydroxyl groups is 1. The van der Waals surface area contributed by atoms with E-state index < -0.39 is 15.9 Å². The second-order valence-corrected chi connectivity index (χ2v) is 5.94. The molecule has 19 heavy (non-hydrogen) atoms. The van der Waals surface area contributed by atoms with Crippen molar-refractivity contribution < 1.29 is 18.3 Å². The minimum atomic E-state index is -3.68. The van der Waals surface area contributed by atoms with Crippen molar-refractivity contribution in [2.24, 2.45) is 0 Å². The Bertz CT molecular complexity index is 516. The Balaban J connectivity index is 2.65. The van der Waals surface area contributed by atoms with Gasteiger partial charge in [0.05, 0.1) is 24.1 Å². The third-order valence-electron chi connectivity index (χ3n) is 2.79. The van der Waals surface area contributed by atoms with Crippen LogP contribution < -0.4 is 4.72 Å². The molecule has 1 unspecified atom stereocenters. The van der Waals surface area contributed by atoms with Crippen LogP contribution in [0.1, 0.15) is 6.92 Å². The van der Waals surface area contributed by atoms with E-state index in [0.717, 1.165) is 0 Å². The third kappa shape index (κ3) is 4.30. The van der Waals surface area contributed by atoms with Crippen LogP contribution in [0.15, 0.2) is 35.2 Å². The summed E-state index contributed by atoms with van der Waals surface area (Å²) < 4.78 is 26.0. The lowest BCUT2D eigenvalue weighted by Crippen LogP contribution is -2.43. The van der Waals surface area contributed by atoms with Crippen LogP contribution in [0.25, 0.3) is 0 Å². The van der Waals surface area contributed by atoms with Gasteiger partial charge in [0.2, 0.25) is 15.9 Å². The molecule has 0 aliphatic carbocycles. The van der Waals surface area contributed by atoms with E-state index in [1.807, 2.05) is 0 Å². The van der Waals surface area contributed by atoms with Gasteiger partial charge in [-0.1, -0.05) is 18.2 Å². The molecule has 0 aliphatic heterocycles. The van der Waals surface area contributed by atoms with Gasteiger partial charge in [0.1, 0.15) is 0 Å². The van der Waals surface area contributed by atoms with Crippen LogP contribution in [0, 0.1) is 0 Å². The highest BCUT2D eigenvalue weighted by Crippen LogP contribution is 2.06. The lowest BCUT2D eigenvalue weighted by atomic mass is 10.3. The Labute approximate surface area is 113 Å². The van der Waals surface area contributed by atoms with Crippen LogP contribution in [-0.2, 0) is 14.8 Å². The first-order valence-electron chi connectivity index (χ1n) is 5.79. The topological polar surface area (TPSA) is 86.7 Å². The summed E-state index contributed by atoms with van der Waals surface area (Å²) in [7, 11) is -2.17. The van der Waals surface area contributed by atoms with Crippen LogP contribution >= 0.6 is 0 Å². The summed E-state index contributed by atoms with van der Waals surface area (Å²) in [6.07, 6.45) is 0. The van der Waals surface area contributed by atoms with Crippen molar-refractivity contribution in [2.75, 3.05) is 20.2 Å². The van der Waals surface area contributed by atoms with Crippen molar-refractivity contribution >= 4 is 15.9 Å². The van der Waals surface area contributed by atoms with E-state index in [0.29, 0.717) is 0 Å². The van der Waals surface area contributed by atoms with Crippen molar-refractivity contribution in [3.05, 3.63) is 30.3 Å². The van der Waals surface area contributed by atoms with Gasteiger partial charge in [-0.3, -0.25) is 4.79 Å². The number of rotatable bonds is 6. The zero-order valence-corrected chi connectivity index (χ0v) is 11.7. The van der Waals surface area contributed by atoms with Gasteiger partial charge in [0.25, 0.3) is 0 Å². The Kier molecular flexibility index (Phi) is 5.46. The molecule has 2 N–H and O–H groups in total. The van der Waals surface area contributed by atoms with E-state index in [2.05, 4.69) is 4.72 Å². The third-order valence-corrected chi connectivity index (χ3v) is 4.20. The molecule has 1 rings (SSSR count). The molecular formula is C12H18N2O4S. The SMILES string of the molecule is CC(CO)N(C)C(=O)CNS(=O)(=O)c1ccccc1. The van der Waals surface area contributed by atoms with E-state index in [4.69, 9.17) is 5.11 Å². The molecule has 1 aromatic carbocycles. The highest BCUT2D eigenvalue weighted by Gasteiger charge is 2.19. The van der Waals surface area contributed by atoms with Gasteiger partial charge < -0.3 is 10.0 Å². The van der Waals surface area contributed by atoms with Crippen LogP contribution in [0.3, 0.4) is 0 Å². The molecule has 0 saturated carbocycles. The summed E-state index contributed by atoms with van der Waals surface area (Å²) >= 11 is 0. The molecule has 0 bridgehead atoms. The largest absolute Gasteiger partial charge is 0.394 e. The summed E-state index contributed by atoms with van der Waals surface area (Å²) in [5.74, 6) is -0.402. The van der Waals surface area contributed by atoms with Crippen LogP contribution in [-0.4, -0.2) is 50.6 Å². The Morgan fingerprint density at radius 1 is 1.37 bits per heavy atom. The minimum Gasteiger partial charge on any atom is -0.394 e. The van der Waals surface area contributed by atoms with Crippen molar-refractivity contribution in [3.8, 4) is 0 Å². The zero-order chi connectivity index (χ0) is 14.5. The maximum atomic E-state index is 11.9. The number of nitrogens with one attached hydrogen (secondary N) is 1. The Hall–Kier alpha value is -1.44. The van der Waals surface area contributed by atoms with E-state index in [1.165, 1.54) is 24.1 Å². The van der Waals surface area contributed by atoms with Crippen LogP contribution in [0.5, 0.6) is 0 Å². The van der Waals surface area contributed by atoms with E-state index in [1.54, 1.807) is 25.1 Å². The molecule has 0 radical (unpaired) electrons. The zero-order valence-electron chi connectivity index (χ0n) is 10.9. The normalized spacial score (nSPS) is 13.0. The summed E-state index contributed by atoms with van der Waals surface area (Å²) in [5.41, 5.74) is 0. The van der Waals surface area contributed by atoms with Gasteiger partial charge in [-0.2, -0.15) is 0 Å².